The van der Waals surface area contributed by atoms with Crippen molar-refractivity contribution in [3.8, 4) is 0 Å². The first-order chi connectivity index (χ1) is 45.7. The van der Waals surface area contributed by atoms with Gasteiger partial charge >= 0.3 is 5.97 Å². The summed E-state index contributed by atoms with van der Waals surface area (Å²) in [5, 5.41) is 54.5. The van der Waals surface area contributed by atoms with Crippen molar-refractivity contribution in [1.29, 1.82) is 0 Å². The number of esters is 1. The van der Waals surface area contributed by atoms with Crippen LogP contribution in [0.15, 0.2) is 48.6 Å². The van der Waals surface area contributed by atoms with E-state index >= 15 is 0 Å². The first-order valence-electron chi connectivity index (χ1n) is 40.4. The SMILES string of the molecule is CCCCCCCC/C=C\CCCCCCCC(=O)OCCCCCCCCCCCCCCCCC/C=C\C/C=C\CCCCCCCCCCCCCCCCCCCC(=O)NC(COC1OC(CO)C(O)C(O)C1O)C(O)/C=C/CCCCCCCCCCC. The van der Waals surface area contributed by atoms with Crippen molar-refractivity contribution < 1.29 is 49.3 Å². The van der Waals surface area contributed by atoms with Crippen LogP contribution >= 0.6 is 0 Å². The molecular formula is C82H153NO10. The molecule has 0 spiro atoms. The molecule has 0 radical (unpaired) electrons. The molecule has 1 aliphatic heterocycles. The molecule has 1 aliphatic rings. The van der Waals surface area contributed by atoms with Gasteiger partial charge in [0.15, 0.2) is 6.29 Å². The Morgan fingerprint density at radius 1 is 0.398 bits per heavy atom. The molecule has 546 valence electrons. The zero-order valence-corrected chi connectivity index (χ0v) is 61.0. The summed E-state index contributed by atoms with van der Waals surface area (Å²) in [6, 6.07) is -0.807. The lowest BCUT2D eigenvalue weighted by molar-refractivity contribution is -0.302. The van der Waals surface area contributed by atoms with Crippen molar-refractivity contribution in [3.05, 3.63) is 48.6 Å². The van der Waals surface area contributed by atoms with Gasteiger partial charge in [-0.25, -0.2) is 0 Å². The van der Waals surface area contributed by atoms with Gasteiger partial charge in [0, 0.05) is 12.8 Å². The molecule has 1 heterocycles. The van der Waals surface area contributed by atoms with Gasteiger partial charge in [-0.2, -0.15) is 0 Å². The average molecular weight is 1310 g/mol. The first kappa shape index (κ1) is 88.6. The van der Waals surface area contributed by atoms with Crippen molar-refractivity contribution in [2.24, 2.45) is 0 Å². The smallest absolute Gasteiger partial charge is 0.305 e. The Morgan fingerprint density at radius 3 is 1.10 bits per heavy atom. The lowest BCUT2D eigenvalue weighted by atomic mass is 9.99. The van der Waals surface area contributed by atoms with Crippen LogP contribution in [0, 0.1) is 0 Å². The summed E-state index contributed by atoms with van der Waals surface area (Å²) in [5.41, 5.74) is 0. The minimum Gasteiger partial charge on any atom is -0.466 e. The van der Waals surface area contributed by atoms with E-state index in [1.807, 2.05) is 6.08 Å². The van der Waals surface area contributed by atoms with E-state index in [9.17, 15) is 35.1 Å². The molecule has 1 rings (SSSR count). The van der Waals surface area contributed by atoms with Gasteiger partial charge in [-0.3, -0.25) is 9.59 Å². The molecule has 0 aromatic rings. The number of rotatable bonds is 72. The molecule has 1 saturated heterocycles. The average Bonchev–Trinajstić information content (AvgIpc) is 1.20. The standard InChI is InChI=1S/C82H153NO10/c1-3-5-7-9-11-13-15-16-42-46-50-54-58-62-66-70-78(87)91-71-67-63-59-55-51-47-44-41-39-37-35-33-31-29-27-25-23-21-19-17-18-20-22-24-26-28-30-32-34-36-38-40-43-45-49-53-57-61-65-69-77(86)83-74(73-92-82-81(90)80(89)79(88)76(72-84)93-82)75(85)68-64-60-56-52-48-14-12-10-8-6-4-2/h16-18,21,23,42,64,68,74-76,79-82,84-85,88-90H,3-15,19-20,22,24-41,43-63,65-67,69-73H2,1-2H3,(H,83,86)/b18-17-,23-21-,42-16-,68-64+. The van der Waals surface area contributed by atoms with E-state index in [0.717, 1.165) is 64.2 Å². The quantitative estimate of drug-likeness (QED) is 0.0195. The van der Waals surface area contributed by atoms with Crippen molar-refractivity contribution in [3.63, 3.8) is 0 Å². The second kappa shape index (κ2) is 70.9. The van der Waals surface area contributed by atoms with E-state index in [-0.39, 0.29) is 18.5 Å². The van der Waals surface area contributed by atoms with E-state index in [2.05, 4.69) is 55.6 Å². The van der Waals surface area contributed by atoms with Crippen LogP contribution < -0.4 is 5.32 Å². The summed E-state index contributed by atoms with van der Waals surface area (Å²) in [6.07, 6.45) is 84.4. The molecule has 1 amide bonds. The van der Waals surface area contributed by atoms with E-state index in [4.69, 9.17) is 14.2 Å². The van der Waals surface area contributed by atoms with Crippen LogP contribution in [0.5, 0.6) is 0 Å². The van der Waals surface area contributed by atoms with Gasteiger partial charge in [-0.15, -0.1) is 0 Å². The Kier molecular flexibility index (Phi) is 67.6. The highest BCUT2D eigenvalue weighted by atomic mass is 16.7. The highest BCUT2D eigenvalue weighted by Crippen LogP contribution is 2.24. The number of hydrogen-bond donors (Lipinski definition) is 6. The van der Waals surface area contributed by atoms with Crippen LogP contribution in [0.25, 0.3) is 0 Å². The highest BCUT2D eigenvalue weighted by Gasteiger charge is 2.44. The van der Waals surface area contributed by atoms with Gasteiger partial charge in [0.25, 0.3) is 0 Å². The Balaban J connectivity index is 1.88. The molecule has 0 aromatic carbocycles. The first-order valence-corrected chi connectivity index (χ1v) is 40.4. The lowest BCUT2D eigenvalue weighted by Crippen LogP contribution is -2.60. The maximum Gasteiger partial charge on any atom is 0.305 e. The Labute approximate surface area is 574 Å². The van der Waals surface area contributed by atoms with Crippen molar-refractivity contribution >= 4 is 11.9 Å². The molecular weight excluding hydrogens is 1160 g/mol. The van der Waals surface area contributed by atoms with E-state index < -0.39 is 49.5 Å². The summed E-state index contributed by atoms with van der Waals surface area (Å²) in [4.78, 5) is 25.2. The lowest BCUT2D eigenvalue weighted by Gasteiger charge is -2.40. The predicted molar refractivity (Wildman–Crippen MR) is 394 cm³/mol. The molecule has 1 fully saturated rings. The Morgan fingerprint density at radius 2 is 0.720 bits per heavy atom. The van der Waals surface area contributed by atoms with Crippen molar-refractivity contribution in [1.82, 2.24) is 5.32 Å². The molecule has 11 heteroatoms. The molecule has 6 N–H and O–H groups in total. The van der Waals surface area contributed by atoms with Crippen LogP contribution in [0.1, 0.15) is 399 Å². The number of carbonyl (C=O) groups excluding carboxylic acids is 2. The topological polar surface area (TPSA) is 175 Å². The van der Waals surface area contributed by atoms with E-state index in [1.165, 1.54) is 308 Å². The molecule has 0 bridgehead atoms. The second-order valence-electron chi connectivity index (χ2n) is 28.1. The third-order valence-electron chi connectivity index (χ3n) is 19.2. The van der Waals surface area contributed by atoms with Gasteiger partial charge < -0.3 is 45.1 Å². The van der Waals surface area contributed by atoms with E-state index in [1.54, 1.807) is 6.08 Å². The maximum absolute atomic E-state index is 13.1. The van der Waals surface area contributed by atoms with Crippen LogP contribution in [0.4, 0.5) is 0 Å². The summed E-state index contributed by atoms with van der Waals surface area (Å²) in [6.45, 7) is 4.37. The Bertz CT molecular complexity index is 1690. The van der Waals surface area contributed by atoms with Crippen LogP contribution in [0.2, 0.25) is 0 Å². The second-order valence-corrected chi connectivity index (χ2v) is 28.1. The zero-order chi connectivity index (χ0) is 67.2. The Hall–Kier alpha value is -2.38. The fraction of sp³-hybridized carbons (Fsp3) is 0.878. The van der Waals surface area contributed by atoms with Crippen molar-refractivity contribution in [2.45, 2.75) is 442 Å². The minimum atomic E-state index is -1.57. The monoisotopic (exact) mass is 1310 g/mol. The van der Waals surface area contributed by atoms with Crippen molar-refractivity contribution in [2.75, 3.05) is 19.8 Å². The fourth-order valence-electron chi connectivity index (χ4n) is 12.8. The number of carbonyl (C=O) groups is 2. The van der Waals surface area contributed by atoms with Gasteiger partial charge in [0.2, 0.25) is 5.91 Å². The summed E-state index contributed by atoms with van der Waals surface area (Å²) in [5.74, 6) is -0.171. The van der Waals surface area contributed by atoms with Crippen LogP contribution in [-0.4, -0.2) is 100 Å². The minimum absolute atomic E-state index is 0.00704. The van der Waals surface area contributed by atoms with E-state index in [0.29, 0.717) is 19.4 Å². The zero-order valence-electron chi connectivity index (χ0n) is 61.0. The number of aliphatic hydroxyl groups excluding tert-OH is 5. The molecule has 11 nitrogen and oxygen atoms in total. The van der Waals surface area contributed by atoms with Gasteiger partial charge in [-0.1, -0.05) is 345 Å². The van der Waals surface area contributed by atoms with Gasteiger partial charge in [-0.05, 0) is 89.9 Å². The largest absolute Gasteiger partial charge is 0.466 e. The number of amides is 1. The maximum atomic E-state index is 13.1. The van der Waals surface area contributed by atoms with Gasteiger partial charge in [0.05, 0.1) is 32.0 Å². The fourth-order valence-corrected chi connectivity index (χ4v) is 12.8. The van der Waals surface area contributed by atoms with Crippen LogP contribution in [0.3, 0.4) is 0 Å². The highest BCUT2D eigenvalue weighted by molar-refractivity contribution is 5.76. The van der Waals surface area contributed by atoms with Gasteiger partial charge in [0.1, 0.15) is 24.4 Å². The van der Waals surface area contributed by atoms with Crippen LogP contribution in [-0.2, 0) is 23.8 Å². The molecule has 7 atom stereocenters. The molecule has 0 saturated carbocycles. The number of hydrogen-bond acceptors (Lipinski definition) is 10. The molecule has 7 unspecified atom stereocenters. The third kappa shape index (κ3) is 59.4. The number of nitrogens with one attached hydrogen (secondary N) is 1. The summed E-state index contributed by atoms with van der Waals surface area (Å²) < 4.78 is 16.8. The molecule has 93 heavy (non-hydrogen) atoms. The number of ether oxygens (including phenoxy) is 3. The third-order valence-corrected chi connectivity index (χ3v) is 19.2. The molecule has 0 aromatic heterocycles. The normalized spacial score (nSPS) is 17.7. The predicted octanol–water partition coefficient (Wildman–Crippen LogP) is 21.9. The number of allylic oxidation sites excluding steroid dienone is 7. The summed E-state index contributed by atoms with van der Waals surface area (Å²) >= 11 is 0. The molecule has 0 aliphatic carbocycles. The number of unbranched alkanes of at least 4 members (excludes halogenated alkanes) is 52. The number of aliphatic hydroxyl groups is 5. The summed E-state index contributed by atoms with van der Waals surface area (Å²) in [7, 11) is 0.